The van der Waals surface area contributed by atoms with Gasteiger partial charge in [-0.2, -0.15) is 0 Å². The van der Waals surface area contributed by atoms with E-state index in [1.165, 1.54) is 12.8 Å². The number of carbonyl (C=O) groups is 1. The van der Waals surface area contributed by atoms with Crippen molar-refractivity contribution >= 4 is 11.7 Å². The standard InChI is InChI=1S/C21H27N5O2/c1-15-23-18(13-19(24-15)25-9-3-4-10-25)17-6-5-11-26(14-17)21(27)16-7-8-22-20(12-16)28-2/h7-8,12-13,17H,3-6,9-11,14H2,1-2H3/t17-/m1/s1. The summed E-state index contributed by atoms with van der Waals surface area (Å²) in [7, 11) is 1.56. The number of aromatic nitrogens is 3. The van der Waals surface area contributed by atoms with Crippen molar-refractivity contribution in [3.05, 3.63) is 41.5 Å². The highest BCUT2D eigenvalue weighted by Crippen LogP contribution is 2.29. The second-order valence-electron chi connectivity index (χ2n) is 7.57. The topological polar surface area (TPSA) is 71.5 Å². The number of methoxy groups -OCH3 is 1. The molecular formula is C21H27N5O2. The van der Waals surface area contributed by atoms with Crippen LogP contribution >= 0.6 is 0 Å². The second-order valence-corrected chi connectivity index (χ2v) is 7.57. The molecule has 2 aromatic heterocycles. The number of anilines is 1. The molecule has 7 nitrogen and oxygen atoms in total. The molecule has 2 saturated heterocycles. The number of likely N-dealkylation sites (tertiary alicyclic amines) is 1. The van der Waals surface area contributed by atoms with Crippen molar-refractivity contribution in [2.45, 2.75) is 38.5 Å². The molecule has 1 atom stereocenters. The molecule has 2 fully saturated rings. The Morgan fingerprint density at radius 3 is 2.75 bits per heavy atom. The highest BCUT2D eigenvalue weighted by atomic mass is 16.5. The van der Waals surface area contributed by atoms with Crippen LogP contribution in [0.5, 0.6) is 5.88 Å². The summed E-state index contributed by atoms with van der Waals surface area (Å²) in [6, 6.07) is 5.58. The van der Waals surface area contributed by atoms with Crippen molar-refractivity contribution in [3.63, 3.8) is 0 Å². The molecule has 0 unspecified atom stereocenters. The van der Waals surface area contributed by atoms with Crippen LogP contribution in [0.2, 0.25) is 0 Å². The summed E-state index contributed by atoms with van der Waals surface area (Å²) in [6.07, 6.45) is 6.07. The largest absolute Gasteiger partial charge is 0.481 e. The Morgan fingerprint density at radius 1 is 1.14 bits per heavy atom. The fourth-order valence-corrected chi connectivity index (χ4v) is 4.13. The van der Waals surface area contributed by atoms with E-state index in [9.17, 15) is 4.79 Å². The van der Waals surface area contributed by atoms with Gasteiger partial charge in [-0.05, 0) is 38.7 Å². The minimum atomic E-state index is 0.0240. The van der Waals surface area contributed by atoms with E-state index < -0.39 is 0 Å². The number of nitrogens with zero attached hydrogens (tertiary/aromatic N) is 5. The van der Waals surface area contributed by atoms with Gasteiger partial charge >= 0.3 is 0 Å². The first-order chi connectivity index (χ1) is 13.6. The number of rotatable bonds is 4. The molecule has 2 aliphatic rings. The molecular weight excluding hydrogens is 354 g/mol. The van der Waals surface area contributed by atoms with Crippen molar-refractivity contribution in [1.29, 1.82) is 0 Å². The van der Waals surface area contributed by atoms with Gasteiger partial charge < -0.3 is 14.5 Å². The molecule has 148 valence electrons. The number of ether oxygens (including phenoxy) is 1. The number of hydrogen-bond donors (Lipinski definition) is 0. The highest BCUT2D eigenvalue weighted by Gasteiger charge is 2.28. The summed E-state index contributed by atoms with van der Waals surface area (Å²) in [5, 5.41) is 0. The molecule has 0 bridgehead atoms. The molecule has 2 aromatic rings. The highest BCUT2D eigenvalue weighted by molar-refractivity contribution is 5.94. The van der Waals surface area contributed by atoms with Crippen LogP contribution in [0, 0.1) is 6.92 Å². The van der Waals surface area contributed by atoms with Gasteiger partial charge in [-0.15, -0.1) is 0 Å². The molecule has 0 aromatic carbocycles. The van der Waals surface area contributed by atoms with Crippen molar-refractivity contribution in [3.8, 4) is 5.88 Å². The molecule has 0 saturated carbocycles. The van der Waals surface area contributed by atoms with Gasteiger partial charge in [0.1, 0.15) is 11.6 Å². The van der Waals surface area contributed by atoms with Crippen LogP contribution in [0.15, 0.2) is 24.4 Å². The van der Waals surface area contributed by atoms with Crippen LogP contribution in [0.3, 0.4) is 0 Å². The zero-order valence-electron chi connectivity index (χ0n) is 16.6. The summed E-state index contributed by atoms with van der Waals surface area (Å²) in [6.45, 7) is 5.53. The molecule has 0 N–H and O–H groups in total. The number of piperidine rings is 1. The minimum absolute atomic E-state index is 0.0240. The maximum absolute atomic E-state index is 13.0. The molecule has 7 heteroatoms. The smallest absolute Gasteiger partial charge is 0.254 e. The van der Waals surface area contributed by atoms with Gasteiger partial charge in [0.25, 0.3) is 5.91 Å². The van der Waals surface area contributed by atoms with Crippen LogP contribution in [0.1, 0.15) is 53.5 Å². The van der Waals surface area contributed by atoms with Crippen molar-refractivity contribution in [2.24, 2.45) is 0 Å². The molecule has 0 aliphatic carbocycles. The molecule has 0 radical (unpaired) electrons. The fourth-order valence-electron chi connectivity index (χ4n) is 4.13. The van der Waals surface area contributed by atoms with Gasteiger partial charge in [0.2, 0.25) is 5.88 Å². The number of pyridine rings is 1. The summed E-state index contributed by atoms with van der Waals surface area (Å²) < 4.78 is 5.15. The van der Waals surface area contributed by atoms with E-state index in [-0.39, 0.29) is 11.8 Å². The normalized spacial score (nSPS) is 19.7. The first-order valence-electron chi connectivity index (χ1n) is 10.0. The number of carbonyl (C=O) groups excluding carboxylic acids is 1. The Kier molecular flexibility index (Phi) is 5.41. The van der Waals surface area contributed by atoms with Crippen LogP contribution < -0.4 is 9.64 Å². The second kappa shape index (κ2) is 8.12. The third kappa shape index (κ3) is 3.93. The lowest BCUT2D eigenvalue weighted by atomic mass is 9.94. The molecule has 1 amide bonds. The van der Waals surface area contributed by atoms with E-state index in [1.807, 2.05) is 11.8 Å². The van der Waals surface area contributed by atoms with E-state index >= 15 is 0 Å². The van der Waals surface area contributed by atoms with Gasteiger partial charge in [0.15, 0.2) is 0 Å². The Bertz CT molecular complexity index is 850. The van der Waals surface area contributed by atoms with Gasteiger partial charge in [-0.25, -0.2) is 15.0 Å². The summed E-state index contributed by atoms with van der Waals surface area (Å²) in [5.74, 6) is 2.56. The van der Waals surface area contributed by atoms with E-state index in [0.717, 1.165) is 49.8 Å². The molecule has 2 aliphatic heterocycles. The molecule has 4 heterocycles. The van der Waals surface area contributed by atoms with Crippen LogP contribution in [0.4, 0.5) is 5.82 Å². The fraction of sp³-hybridized carbons (Fsp3) is 0.524. The summed E-state index contributed by atoms with van der Waals surface area (Å²) in [5.41, 5.74) is 1.67. The predicted octanol–water partition coefficient (Wildman–Crippen LogP) is 2.81. The SMILES string of the molecule is COc1cc(C(=O)N2CCC[C@@H](c3cc(N4CCCC4)nc(C)n3)C2)ccn1. The Morgan fingerprint density at radius 2 is 1.96 bits per heavy atom. The summed E-state index contributed by atoms with van der Waals surface area (Å²) in [4.78, 5) is 30.7. The lowest BCUT2D eigenvalue weighted by Crippen LogP contribution is -2.39. The van der Waals surface area contributed by atoms with E-state index in [1.54, 1.807) is 25.4 Å². The number of amides is 1. The van der Waals surface area contributed by atoms with Crippen LogP contribution in [0.25, 0.3) is 0 Å². The predicted molar refractivity (Wildman–Crippen MR) is 107 cm³/mol. The number of aryl methyl sites for hydroxylation is 1. The average Bonchev–Trinajstić information content (AvgIpc) is 3.28. The van der Waals surface area contributed by atoms with Gasteiger partial charge in [-0.1, -0.05) is 0 Å². The monoisotopic (exact) mass is 381 g/mol. The quantitative estimate of drug-likeness (QED) is 0.811. The van der Waals surface area contributed by atoms with Crippen molar-refractivity contribution in [2.75, 3.05) is 38.2 Å². The minimum Gasteiger partial charge on any atom is -0.481 e. The Labute approximate surface area is 165 Å². The lowest BCUT2D eigenvalue weighted by molar-refractivity contribution is 0.0705. The first kappa shape index (κ1) is 18.7. The average molecular weight is 381 g/mol. The van der Waals surface area contributed by atoms with Gasteiger partial charge in [0, 0.05) is 56.0 Å². The van der Waals surface area contributed by atoms with Crippen LogP contribution in [-0.4, -0.2) is 59.0 Å². The zero-order valence-corrected chi connectivity index (χ0v) is 16.6. The molecule has 28 heavy (non-hydrogen) atoms. The zero-order chi connectivity index (χ0) is 19.5. The van der Waals surface area contributed by atoms with Crippen molar-refractivity contribution in [1.82, 2.24) is 19.9 Å². The molecule has 0 spiro atoms. The lowest BCUT2D eigenvalue weighted by Gasteiger charge is -2.33. The molecule has 4 rings (SSSR count). The van der Waals surface area contributed by atoms with Gasteiger partial charge in [-0.3, -0.25) is 4.79 Å². The Balaban J connectivity index is 1.52. The number of hydrogen-bond acceptors (Lipinski definition) is 6. The maximum Gasteiger partial charge on any atom is 0.254 e. The van der Waals surface area contributed by atoms with Crippen LogP contribution in [-0.2, 0) is 0 Å². The third-order valence-electron chi connectivity index (χ3n) is 5.59. The van der Waals surface area contributed by atoms with Gasteiger partial charge in [0.05, 0.1) is 12.8 Å². The Hall–Kier alpha value is -2.70. The maximum atomic E-state index is 13.0. The van der Waals surface area contributed by atoms with Crippen molar-refractivity contribution < 1.29 is 9.53 Å². The summed E-state index contributed by atoms with van der Waals surface area (Å²) >= 11 is 0. The third-order valence-corrected chi connectivity index (χ3v) is 5.59. The van der Waals surface area contributed by atoms with E-state index in [0.29, 0.717) is 18.0 Å². The first-order valence-corrected chi connectivity index (χ1v) is 10.0. The van der Waals surface area contributed by atoms with E-state index in [4.69, 9.17) is 9.72 Å². The van der Waals surface area contributed by atoms with E-state index in [2.05, 4.69) is 20.9 Å².